The van der Waals surface area contributed by atoms with Gasteiger partial charge in [-0.05, 0) is 18.2 Å². The molecule has 94 valence electrons. The molecule has 1 aromatic heterocycles. The first-order valence-corrected chi connectivity index (χ1v) is 6.66. The van der Waals surface area contributed by atoms with Crippen molar-refractivity contribution in [3.63, 3.8) is 0 Å². The second-order valence-electron chi connectivity index (χ2n) is 3.36. The van der Waals surface area contributed by atoms with Gasteiger partial charge in [0.1, 0.15) is 5.82 Å². The van der Waals surface area contributed by atoms with Gasteiger partial charge in [0.05, 0.1) is 22.2 Å². The number of halogens is 3. The number of hydrogen-bond acceptors (Lipinski definition) is 3. The molecule has 2 rings (SSSR count). The molecule has 0 unspecified atom stereocenters. The van der Waals surface area contributed by atoms with E-state index in [0.717, 1.165) is 6.07 Å². The van der Waals surface area contributed by atoms with Crippen LogP contribution in [0.5, 0.6) is 0 Å². The van der Waals surface area contributed by atoms with Crippen LogP contribution in [0.2, 0.25) is 5.02 Å². The summed E-state index contributed by atoms with van der Waals surface area (Å²) in [4.78, 5) is 15.9. The molecule has 1 N–H and O–H groups in total. The first kappa shape index (κ1) is 13.3. The second-order valence-corrected chi connectivity index (χ2v) is 4.89. The van der Waals surface area contributed by atoms with Crippen LogP contribution in [0.15, 0.2) is 23.6 Å². The van der Waals surface area contributed by atoms with E-state index in [0.29, 0.717) is 10.8 Å². The van der Waals surface area contributed by atoms with E-state index in [9.17, 15) is 9.18 Å². The Kier molecular flexibility index (Phi) is 4.16. The molecule has 0 bridgehead atoms. The standard InChI is InChI=1S/C11H7Cl2FN2OS/c12-4-7-5-18-11(15-7)16-10(17)8-2-1-6(14)3-9(8)13/h1-3,5H,4H2,(H,15,16,17). The average Bonchev–Trinajstić information content (AvgIpc) is 2.76. The van der Waals surface area contributed by atoms with Gasteiger partial charge in [-0.15, -0.1) is 22.9 Å². The Bertz CT molecular complexity index is 588. The summed E-state index contributed by atoms with van der Waals surface area (Å²) in [5.41, 5.74) is 0.878. The Labute approximate surface area is 117 Å². The second kappa shape index (κ2) is 5.65. The number of thiazole rings is 1. The van der Waals surface area contributed by atoms with Gasteiger partial charge in [0, 0.05) is 5.38 Å². The van der Waals surface area contributed by atoms with E-state index in [2.05, 4.69) is 10.3 Å². The van der Waals surface area contributed by atoms with Crippen LogP contribution in [-0.2, 0) is 5.88 Å². The van der Waals surface area contributed by atoms with Gasteiger partial charge in [0.25, 0.3) is 5.91 Å². The Hall–Kier alpha value is -1.17. The molecule has 2 aromatic rings. The number of alkyl halides is 1. The fraction of sp³-hybridized carbons (Fsp3) is 0.0909. The molecule has 0 aliphatic carbocycles. The van der Waals surface area contributed by atoms with Crippen LogP contribution in [0.25, 0.3) is 0 Å². The number of rotatable bonds is 3. The van der Waals surface area contributed by atoms with Crippen LogP contribution in [0.3, 0.4) is 0 Å². The molecule has 0 saturated heterocycles. The normalized spacial score (nSPS) is 10.4. The zero-order chi connectivity index (χ0) is 13.1. The van der Waals surface area contributed by atoms with Gasteiger partial charge in [-0.25, -0.2) is 9.37 Å². The third-order valence-corrected chi connectivity index (χ3v) is 3.48. The Balaban J connectivity index is 2.16. The maximum absolute atomic E-state index is 12.8. The van der Waals surface area contributed by atoms with E-state index < -0.39 is 11.7 Å². The molecule has 18 heavy (non-hydrogen) atoms. The van der Waals surface area contributed by atoms with Crippen molar-refractivity contribution in [2.75, 3.05) is 5.32 Å². The van der Waals surface area contributed by atoms with E-state index in [4.69, 9.17) is 23.2 Å². The van der Waals surface area contributed by atoms with E-state index in [1.165, 1.54) is 23.5 Å². The summed E-state index contributed by atoms with van der Waals surface area (Å²) in [5, 5.41) is 4.81. The number of aromatic nitrogens is 1. The Morgan fingerprint density at radius 1 is 1.50 bits per heavy atom. The van der Waals surface area contributed by atoms with Crippen LogP contribution in [0.4, 0.5) is 9.52 Å². The molecule has 7 heteroatoms. The predicted molar refractivity (Wildman–Crippen MR) is 71.0 cm³/mol. The van der Waals surface area contributed by atoms with Crippen LogP contribution in [0.1, 0.15) is 16.1 Å². The summed E-state index contributed by atoms with van der Waals surface area (Å²) < 4.78 is 12.8. The molecule has 1 aromatic carbocycles. The lowest BCUT2D eigenvalue weighted by Gasteiger charge is -2.03. The van der Waals surface area contributed by atoms with Crippen molar-refractivity contribution < 1.29 is 9.18 Å². The van der Waals surface area contributed by atoms with Gasteiger partial charge in [-0.1, -0.05) is 11.6 Å². The maximum atomic E-state index is 12.8. The molecule has 1 amide bonds. The smallest absolute Gasteiger partial charge is 0.258 e. The molecule has 0 atom stereocenters. The first-order chi connectivity index (χ1) is 8.60. The first-order valence-electron chi connectivity index (χ1n) is 4.87. The van der Waals surface area contributed by atoms with Crippen molar-refractivity contribution in [3.8, 4) is 0 Å². The average molecular weight is 305 g/mol. The summed E-state index contributed by atoms with van der Waals surface area (Å²) in [7, 11) is 0. The number of amides is 1. The monoisotopic (exact) mass is 304 g/mol. The highest BCUT2D eigenvalue weighted by Crippen LogP contribution is 2.21. The zero-order valence-electron chi connectivity index (χ0n) is 8.91. The Morgan fingerprint density at radius 2 is 2.28 bits per heavy atom. The number of nitrogens with one attached hydrogen (secondary N) is 1. The highest BCUT2D eigenvalue weighted by atomic mass is 35.5. The zero-order valence-corrected chi connectivity index (χ0v) is 11.2. The highest BCUT2D eigenvalue weighted by molar-refractivity contribution is 7.14. The minimum Gasteiger partial charge on any atom is -0.298 e. The van der Waals surface area contributed by atoms with E-state index >= 15 is 0 Å². The van der Waals surface area contributed by atoms with Gasteiger partial charge in [-0.3, -0.25) is 10.1 Å². The van der Waals surface area contributed by atoms with Crippen molar-refractivity contribution in [2.24, 2.45) is 0 Å². The molecular weight excluding hydrogens is 298 g/mol. The molecular formula is C11H7Cl2FN2OS. The summed E-state index contributed by atoms with van der Waals surface area (Å²) in [6.07, 6.45) is 0. The summed E-state index contributed by atoms with van der Waals surface area (Å²) in [6, 6.07) is 3.58. The minimum absolute atomic E-state index is 0.0571. The predicted octanol–water partition coefficient (Wildman–Crippen LogP) is 3.93. The molecule has 0 saturated carbocycles. The number of benzene rings is 1. The van der Waals surface area contributed by atoms with Crippen LogP contribution in [-0.4, -0.2) is 10.9 Å². The lowest BCUT2D eigenvalue weighted by atomic mass is 10.2. The van der Waals surface area contributed by atoms with Crippen molar-refractivity contribution in [1.82, 2.24) is 4.98 Å². The van der Waals surface area contributed by atoms with Gasteiger partial charge >= 0.3 is 0 Å². The lowest BCUT2D eigenvalue weighted by Crippen LogP contribution is -2.12. The van der Waals surface area contributed by atoms with Crippen molar-refractivity contribution in [3.05, 3.63) is 45.7 Å². The number of nitrogens with zero attached hydrogens (tertiary/aromatic N) is 1. The van der Waals surface area contributed by atoms with E-state index in [1.54, 1.807) is 5.38 Å². The quantitative estimate of drug-likeness (QED) is 0.873. The van der Waals surface area contributed by atoms with Crippen molar-refractivity contribution >= 4 is 45.6 Å². The largest absolute Gasteiger partial charge is 0.298 e. The third-order valence-electron chi connectivity index (χ3n) is 2.08. The molecule has 0 spiro atoms. The van der Waals surface area contributed by atoms with Crippen LogP contribution >= 0.6 is 34.5 Å². The van der Waals surface area contributed by atoms with Crippen molar-refractivity contribution in [1.29, 1.82) is 0 Å². The van der Waals surface area contributed by atoms with Crippen LogP contribution < -0.4 is 5.32 Å². The summed E-state index contributed by atoms with van der Waals surface area (Å²) in [5.74, 6) is -0.644. The lowest BCUT2D eigenvalue weighted by molar-refractivity contribution is 0.102. The fourth-order valence-electron chi connectivity index (χ4n) is 1.26. The molecule has 1 heterocycles. The molecule has 0 aliphatic rings. The minimum atomic E-state index is -0.491. The topological polar surface area (TPSA) is 42.0 Å². The Morgan fingerprint density at radius 3 is 2.89 bits per heavy atom. The van der Waals surface area contributed by atoms with Gasteiger partial charge in [-0.2, -0.15) is 0 Å². The number of carbonyl (C=O) groups is 1. The van der Waals surface area contributed by atoms with Gasteiger partial charge in [0.2, 0.25) is 0 Å². The number of carbonyl (C=O) groups excluding carboxylic acids is 1. The van der Waals surface area contributed by atoms with Gasteiger partial charge < -0.3 is 0 Å². The maximum Gasteiger partial charge on any atom is 0.258 e. The summed E-state index contributed by atoms with van der Waals surface area (Å²) in [6.45, 7) is 0. The number of hydrogen-bond donors (Lipinski definition) is 1. The molecule has 0 fully saturated rings. The van der Waals surface area contributed by atoms with E-state index in [-0.39, 0.29) is 16.5 Å². The SMILES string of the molecule is O=C(Nc1nc(CCl)cs1)c1ccc(F)cc1Cl. The summed E-state index contributed by atoms with van der Waals surface area (Å²) >= 11 is 12.7. The fourth-order valence-corrected chi connectivity index (χ4v) is 2.45. The van der Waals surface area contributed by atoms with E-state index in [1.807, 2.05) is 0 Å². The molecule has 3 nitrogen and oxygen atoms in total. The highest BCUT2D eigenvalue weighted by Gasteiger charge is 2.13. The third kappa shape index (κ3) is 2.98. The van der Waals surface area contributed by atoms with Crippen LogP contribution in [0, 0.1) is 5.82 Å². The number of anilines is 1. The van der Waals surface area contributed by atoms with Crippen molar-refractivity contribution in [2.45, 2.75) is 5.88 Å². The molecule has 0 radical (unpaired) electrons. The molecule has 0 aliphatic heterocycles. The van der Waals surface area contributed by atoms with Gasteiger partial charge in [0.15, 0.2) is 5.13 Å².